The molecule has 3 fully saturated rings. The molecule has 0 aromatic heterocycles. The molecule has 0 radical (unpaired) electrons. The molecule has 8 heteroatoms. The van der Waals surface area contributed by atoms with Gasteiger partial charge in [-0.2, -0.15) is 4.31 Å². The largest absolute Gasteiger partial charge is 0.495 e. The molecular weight excluding hydrogens is 416 g/mol. The van der Waals surface area contributed by atoms with Crippen molar-refractivity contribution in [3.05, 3.63) is 23.8 Å². The predicted molar refractivity (Wildman–Crippen MR) is 116 cm³/mol. The molecule has 0 bridgehead atoms. The number of rotatable bonds is 6. The second-order valence-electron chi connectivity index (χ2n) is 9.06. The Labute approximate surface area is 184 Å². The monoisotopic (exact) mass is 448 g/mol. The van der Waals surface area contributed by atoms with E-state index in [1.807, 2.05) is 0 Å². The van der Waals surface area contributed by atoms with E-state index in [0.29, 0.717) is 5.56 Å². The van der Waals surface area contributed by atoms with Crippen LogP contribution in [0.4, 0.5) is 0 Å². The van der Waals surface area contributed by atoms with Crippen LogP contribution in [-0.4, -0.2) is 49.6 Å². The quantitative estimate of drug-likeness (QED) is 0.624. The van der Waals surface area contributed by atoms with Crippen molar-refractivity contribution in [1.29, 1.82) is 0 Å². The molecule has 2 unspecified atom stereocenters. The lowest BCUT2D eigenvalue weighted by Gasteiger charge is -2.31. The minimum Gasteiger partial charge on any atom is -0.495 e. The fourth-order valence-corrected chi connectivity index (χ4v) is 7.01. The number of hydrogen-bond donors (Lipinski definition) is 0. The van der Waals surface area contributed by atoms with Crippen LogP contribution in [0.15, 0.2) is 23.1 Å². The lowest BCUT2D eigenvalue weighted by molar-refractivity contribution is -0.140. The van der Waals surface area contributed by atoms with E-state index in [0.717, 1.165) is 57.8 Å². The van der Waals surface area contributed by atoms with Gasteiger partial charge in [-0.15, -0.1) is 0 Å². The maximum absolute atomic E-state index is 13.4. The Balaban J connectivity index is 1.60. The molecule has 3 aliphatic rings. The number of ether oxygens (including phenoxy) is 1. The highest BCUT2D eigenvalue weighted by atomic mass is 32.2. The normalized spacial score (nSPS) is 25.2. The third-order valence-corrected chi connectivity index (χ3v) is 9.18. The van der Waals surface area contributed by atoms with Gasteiger partial charge in [-0.3, -0.25) is 14.5 Å². The van der Waals surface area contributed by atoms with Gasteiger partial charge in [0.15, 0.2) is 0 Å². The van der Waals surface area contributed by atoms with E-state index in [9.17, 15) is 18.0 Å². The lowest BCUT2D eigenvalue weighted by Crippen LogP contribution is -2.38. The molecule has 7 nitrogen and oxygen atoms in total. The molecule has 4 rings (SSSR count). The van der Waals surface area contributed by atoms with Crippen molar-refractivity contribution < 1.29 is 22.7 Å². The number of amides is 2. The number of benzene rings is 1. The Hall–Kier alpha value is -1.93. The minimum atomic E-state index is -3.77. The van der Waals surface area contributed by atoms with Crippen LogP contribution in [0, 0.1) is 11.8 Å². The van der Waals surface area contributed by atoms with Gasteiger partial charge < -0.3 is 4.74 Å². The minimum absolute atomic E-state index is 0.0167. The maximum atomic E-state index is 13.4. The molecule has 1 aliphatic heterocycles. The number of methoxy groups -OCH3 is 1. The molecule has 0 spiro atoms. The molecule has 1 aromatic carbocycles. The van der Waals surface area contributed by atoms with Gasteiger partial charge >= 0.3 is 0 Å². The van der Waals surface area contributed by atoms with E-state index in [-0.39, 0.29) is 46.9 Å². The molecule has 2 amide bonds. The van der Waals surface area contributed by atoms with Crippen molar-refractivity contribution in [3.8, 4) is 5.75 Å². The molecule has 2 aliphatic carbocycles. The average Bonchev–Trinajstić information content (AvgIpc) is 3.04. The van der Waals surface area contributed by atoms with Gasteiger partial charge in [0.2, 0.25) is 21.8 Å². The summed E-state index contributed by atoms with van der Waals surface area (Å²) >= 11 is 0. The van der Waals surface area contributed by atoms with Crippen LogP contribution in [0.5, 0.6) is 5.75 Å². The highest BCUT2D eigenvalue weighted by Gasteiger charge is 2.48. The third kappa shape index (κ3) is 4.12. The number of nitrogens with zero attached hydrogens (tertiary/aromatic N) is 2. The first-order chi connectivity index (χ1) is 14.8. The molecule has 1 aromatic rings. The zero-order chi connectivity index (χ0) is 22.2. The summed E-state index contributed by atoms with van der Waals surface area (Å²) in [5.41, 5.74) is 0.622. The zero-order valence-corrected chi connectivity index (χ0v) is 19.2. The molecule has 31 heavy (non-hydrogen) atoms. The van der Waals surface area contributed by atoms with Crippen LogP contribution in [0.1, 0.15) is 63.4 Å². The van der Waals surface area contributed by atoms with Crippen molar-refractivity contribution in [2.75, 3.05) is 14.2 Å². The number of fused-ring (bicyclic) bond motifs is 1. The highest BCUT2D eigenvalue weighted by molar-refractivity contribution is 7.89. The third-order valence-electron chi connectivity index (χ3n) is 7.25. The van der Waals surface area contributed by atoms with Crippen molar-refractivity contribution in [3.63, 3.8) is 0 Å². The Morgan fingerprint density at radius 2 is 1.55 bits per heavy atom. The molecule has 0 N–H and O–H groups in total. The number of likely N-dealkylation sites (tertiary alicyclic amines) is 1. The number of hydrogen-bond acceptors (Lipinski definition) is 5. The van der Waals surface area contributed by atoms with Crippen LogP contribution in [-0.2, 0) is 26.2 Å². The smallest absolute Gasteiger partial charge is 0.246 e. The van der Waals surface area contributed by atoms with Crippen molar-refractivity contribution in [1.82, 2.24) is 9.21 Å². The molecule has 2 saturated carbocycles. The van der Waals surface area contributed by atoms with E-state index < -0.39 is 10.0 Å². The van der Waals surface area contributed by atoms with Crippen molar-refractivity contribution in [2.45, 2.75) is 75.3 Å². The summed E-state index contributed by atoms with van der Waals surface area (Å²) in [6, 6.07) is 4.91. The summed E-state index contributed by atoms with van der Waals surface area (Å²) in [4.78, 5) is 27.1. The highest BCUT2D eigenvalue weighted by Crippen LogP contribution is 2.39. The van der Waals surface area contributed by atoms with Gasteiger partial charge in [-0.1, -0.05) is 38.2 Å². The van der Waals surface area contributed by atoms with E-state index in [1.165, 1.54) is 16.3 Å². The fraction of sp³-hybridized carbons (Fsp3) is 0.652. The molecular formula is C23H32N2O5S. The van der Waals surface area contributed by atoms with Crippen molar-refractivity contribution >= 4 is 21.8 Å². The Morgan fingerprint density at radius 3 is 2.13 bits per heavy atom. The van der Waals surface area contributed by atoms with Crippen LogP contribution < -0.4 is 4.74 Å². The number of carbonyl (C=O) groups is 2. The summed E-state index contributed by atoms with van der Waals surface area (Å²) in [6.45, 7) is 0.102. The Bertz CT molecular complexity index is 931. The number of sulfonamides is 1. The van der Waals surface area contributed by atoms with Gasteiger partial charge in [0.1, 0.15) is 10.6 Å². The molecule has 170 valence electrons. The molecule has 1 saturated heterocycles. The van der Waals surface area contributed by atoms with Crippen LogP contribution in [0.3, 0.4) is 0 Å². The summed E-state index contributed by atoms with van der Waals surface area (Å²) in [5, 5.41) is 0. The number of imide groups is 1. The predicted octanol–water partition coefficient (Wildman–Crippen LogP) is 3.32. The molecule has 2 atom stereocenters. The SMILES string of the molecule is COc1ccc(CN2C(=O)C3CCCCC3C2=O)cc1S(=O)(=O)N(C)C1CCCCC1. The van der Waals surface area contributed by atoms with Crippen LogP contribution >= 0.6 is 0 Å². The van der Waals surface area contributed by atoms with E-state index in [2.05, 4.69) is 0 Å². The van der Waals surface area contributed by atoms with E-state index in [1.54, 1.807) is 25.2 Å². The van der Waals surface area contributed by atoms with Gasteiger partial charge in [0.25, 0.3) is 0 Å². The van der Waals surface area contributed by atoms with Gasteiger partial charge in [0.05, 0.1) is 25.5 Å². The summed E-state index contributed by atoms with van der Waals surface area (Å²) in [7, 11) is -0.680. The van der Waals surface area contributed by atoms with Gasteiger partial charge in [-0.05, 0) is 43.4 Å². The second kappa shape index (κ2) is 8.90. The standard InChI is InChI=1S/C23H32N2O5S/c1-24(17-8-4-3-5-9-17)31(28,29)21-14-16(12-13-20(21)30-2)15-25-22(26)18-10-6-7-11-19(18)23(25)27/h12-14,17-19H,3-11,15H2,1-2H3. The Kier molecular flexibility index (Phi) is 6.40. The van der Waals surface area contributed by atoms with E-state index in [4.69, 9.17) is 4.74 Å². The summed E-state index contributed by atoms with van der Waals surface area (Å²) < 4.78 is 33.7. The topological polar surface area (TPSA) is 84.0 Å². The summed E-state index contributed by atoms with van der Waals surface area (Å²) in [6.07, 6.45) is 8.41. The van der Waals surface area contributed by atoms with Crippen LogP contribution in [0.25, 0.3) is 0 Å². The fourth-order valence-electron chi connectivity index (χ4n) is 5.39. The number of carbonyl (C=O) groups excluding carboxylic acids is 2. The summed E-state index contributed by atoms with van der Waals surface area (Å²) in [5.74, 6) is -0.372. The van der Waals surface area contributed by atoms with Gasteiger partial charge in [-0.25, -0.2) is 8.42 Å². The average molecular weight is 449 g/mol. The second-order valence-corrected chi connectivity index (χ2v) is 11.0. The van der Waals surface area contributed by atoms with Crippen LogP contribution in [0.2, 0.25) is 0 Å². The zero-order valence-electron chi connectivity index (χ0n) is 18.4. The lowest BCUT2D eigenvalue weighted by atomic mass is 9.81. The maximum Gasteiger partial charge on any atom is 0.246 e. The Morgan fingerprint density at radius 1 is 0.968 bits per heavy atom. The first-order valence-corrected chi connectivity index (χ1v) is 12.8. The van der Waals surface area contributed by atoms with Gasteiger partial charge in [0, 0.05) is 13.1 Å². The van der Waals surface area contributed by atoms with Crippen molar-refractivity contribution in [2.24, 2.45) is 11.8 Å². The van der Waals surface area contributed by atoms with E-state index >= 15 is 0 Å². The first-order valence-electron chi connectivity index (χ1n) is 11.3. The first kappa shape index (κ1) is 22.3. The molecule has 1 heterocycles.